The van der Waals surface area contributed by atoms with Gasteiger partial charge in [-0.1, -0.05) is 17.7 Å². The molecule has 4 rings (SSSR count). The molecule has 1 aliphatic rings. The third-order valence-corrected chi connectivity index (χ3v) is 5.10. The largest absolute Gasteiger partial charge is 0.352 e. The van der Waals surface area contributed by atoms with Crippen LogP contribution in [0.15, 0.2) is 42.6 Å². The molecule has 0 saturated carbocycles. The van der Waals surface area contributed by atoms with Crippen LogP contribution in [-0.4, -0.2) is 57.0 Å². The van der Waals surface area contributed by atoms with E-state index in [4.69, 9.17) is 0 Å². The number of aromatic nitrogens is 4. The van der Waals surface area contributed by atoms with Crippen LogP contribution in [0.3, 0.4) is 0 Å². The Hall–Kier alpha value is -3.22. The lowest BCUT2D eigenvalue weighted by atomic mass is 10.0. The van der Waals surface area contributed by atoms with Crippen molar-refractivity contribution in [3.8, 4) is 5.82 Å². The Labute approximate surface area is 164 Å². The first-order valence-corrected chi connectivity index (χ1v) is 9.49. The molecule has 3 heterocycles. The van der Waals surface area contributed by atoms with Gasteiger partial charge in [-0.3, -0.25) is 4.79 Å². The molecule has 0 atom stereocenters. The molecule has 0 bridgehead atoms. The van der Waals surface area contributed by atoms with E-state index in [1.165, 1.54) is 5.56 Å². The van der Waals surface area contributed by atoms with Crippen molar-refractivity contribution in [2.24, 2.45) is 0 Å². The van der Waals surface area contributed by atoms with Gasteiger partial charge in [0, 0.05) is 37.9 Å². The quantitative estimate of drug-likeness (QED) is 0.703. The maximum absolute atomic E-state index is 12.8. The summed E-state index contributed by atoms with van der Waals surface area (Å²) in [5, 5.41) is 13.0. The second kappa shape index (κ2) is 7.42. The zero-order chi connectivity index (χ0) is 19.7. The van der Waals surface area contributed by atoms with E-state index < -0.39 is 0 Å². The van der Waals surface area contributed by atoms with Crippen LogP contribution in [0.2, 0.25) is 0 Å². The second-order valence-electron chi connectivity index (χ2n) is 7.25. The Morgan fingerprint density at radius 3 is 2.21 bits per heavy atom. The van der Waals surface area contributed by atoms with E-state index >= 15 is 0 Å². The molecule has 28 heavy (non-hydrogen) atoms. The highest BCUT2D eigenvalue weighted by Gasteiger charge is 2.24. The number of amides is 1. The summed E-state index contributed by atoms with van der Waals surface area (Å²) in [6, 6.07) is 11.8. The topological polar surface area (TPSA) is 67.2 Å². The third-order valence-electron chi connectivity index (χ3n) is 5.10. The van der Waals surface area contributed by atoms with Crippen molar-refractivity contribution in [1.82, 2.24) is 24.9 Å². The van der Waals surface area contributed by atoms with E-state index in [1.54, 1.807) is 4.68 Å². The zero-order valence-electron chi connectivity index (χ0n) is 16.5. The van der Waals surface area contributed by atoms with E-state index in [1.807, 2.05) is 62.2 Å². The lowest BCUT2D eigenvalue weighted by Crippen LogP contribution is -2.49. The highest BCUT2D eigenvalue weighted by atomic mass is 16.2. The average molecular weight is 376 g/mol. The maximum atomic E-state index is 12.8. The molecular weight excluding hydrogens is 352 g/mol. The van der Waals surface area contributed by atoms with Crippen molar-refractivity contribution in [2.75, 3.05) is 31.1 Å². The summed E-state index contributed by atoms with van der Waals surface area (Å²) < 4.78 is 1.71. The monoisotopic (exact) mass is 376 g/mol. The molecule has 3 aromatic rings. The average Bonchev–Trinajstić information content (AvgIpc) is 3.14. The highest BCUT2D eigenvalue weighted by Crippen LogP contribution is 2.18. The molecule has 0 radical (unpaired) electrons. The van der Waals surface area contributed by atoms with Gasteiger partial charge in [0.15, 0.2) is 11.6 Å². The summed E-state index contributed by atoms with van der Waals surface area (Å²) in [6.45, 7) is 8.81. The number of nitrogens with zero attached hydrogens (tertiary/aromatic N) is 6. The SMILES string of the molecule is Cc1ccc(C(=O)N2CCN(c3ccc(-n4ccc(C)n4)nn3)CC2)c(C)c1. The molecule has 1 aliphatic heterocycles. The molecule has 1 amide bonds. The van der Waals surface area contributed by atoms with E-state index in [0.29, 0.717) is 18.9 Å². The van der Waals surface area contributed by atoms with Crippen molar-refractivity contribution < 1.29 is 4.79 Å². The van der Waals surface area contributed by atoms with Crippen LogP contribution < -0.4 is 4.90 Å². The summed E-state index contributed by atoms with van der Waals surface area (Å²) in [6.07, 6.45) is 1.87. The summed E-state index contributed by atoms with van der Waals surface area (Å²) in [5.74, 6) is 1.62. The molecule has 0 N–H and O–H groups in total. The van der Waals surface area contributed by atoms with E-state index in [0.717, 1.165) is 35.7 Å². The first-order valence-electron chi connectivity index (χ1n) is 9.49. The molecule has 0 unspecified atom stereocenters. The van der Waals surface area contributed by atoms with Gasteiger partial charge in [-0.15, -0.1) is 10.2 Å². The van der Waals surface area contributed by atoms with Gasteiger partial charge in [0.2, 0.25) is 0 Å². The van der Waals surface area contributed by atoms with Crippen LogP contribution in [0, 0.1) is 20.8 Å². The standard InChI is InChI=1S/C21H24N6O/c1-15-4-5-18(16(2)14-15)21(28)26-12-10-25(11-13-26)19-6-7-20(23-22-19)27-9-8-17(3)24-27/h4-9,14H,10-13H2,1-3H3. The highest BCUT2D eigenvalue weighted by molar-refractivity contribution is 5.95. The normalized spacial score (nSPS) is 14.4. The van der Waals surface area contributed by atoms with Crippen LogP contribution in [0.1, 0.15) is 27.2 Å². The van der Waals surface area contributed by atoms with E-state index in [2.05, 4.69) is 26.3 Å². The summed E-state index contributed by atoms with van der Waals surface area (Å²) in [7, 11) is 0. The molecule has 1 aromatic carbocycles. The Morgan fingerprint density at radius 1 is 0.893 bits per heavy atom. The van der Waals surface area contributed by atoms with Gasteiger partial charge in [0.25, 0.3) is 5.91 Å². The zero-order valence-corrected chi connectivity index (χ0v) is 16.5. The van der Waals surface area contributed by atoms with Gasteiger partial charge in [-0.2, -0.15) is 5.10 Å². The maximum Gasteiger partial charge on any atom is 0.254 e. The van der Waals surface area contributed by atoms with Crippen molar-refractivity contribution in [3.63, 3.8) is 0 Å². The number of hydrogen-bond acceptors (Lipinski definition) is 5. The Bertz CT molecular complexity index is 986. The predicted molar refractivity (Wildman–Crippen MR) is 108 cm³/mol. The van der Waals surface area contributed by atoms with Crippen LogP contribution in [-0.2, 0) is 0 Å². The fourth-order valence-electron chi connectivity index (χ4n) is 3.51. The second-order valence-corrected chi connectivity index (χ2v) is 7.25. The van der Waals surface area contributed by atoms with Gasteiger partial charge in [-0.05, 0) is 50.6 Å². The lowest BCUT2D eigenvalue weighted by Gasteiger charge is -2.35. The summed E-state index contributed by atoms with van der Waals surface area (Å²) in [4.78, 5) is 16.9. The fraction of sp³-hybridized carbons (Fsp3) is 0.333. The van der Waals surface area contributed by atoms with Crippen molar-refractivity contribution >= 4 is 11.7 Å². The molecule has 7 heteroatoms. The smallest absolute Gasteiger partial charge is 0.254 e. The molecule has 0 aliphatic carbocycles. The van der Waals surface area contributed by atoms with Crippen molar-refractivity contribution in [1.29, 1.82) is 0 Å². The first kappa shape index (κ1) is 18.2. The third kappa shape index (κ3) is 3.60. The fourth-order valence-corrected chi connectivity index (χ4v) is 3.51. The van der Waals surface area contributed by atoms with E-state index in [-0.39, 0.29) is 5.91 Å². The van der Waals surface area contributed by atoms with Crippen LogP contribution >= 0.6 is 0 Å². The minimum Gasteiger partial charge on any atom is -0.352 e. The molecule has 2 aromatic heterocycles. The van der Waals surface area contributed by atoms with Crippen LogP contribution in [0.4, 0.5) is 5.82 Å². The summed E-state index contributed by atoms with van der Waals surface area (Å²) >= 11 is 0. The Balaban J connectivity index is 1.40. The molecule has 1 saturated heterocycles. The number of hydrogen-bond donors (Lipinski definition) is 0. The molecular formula is C21H24N6O. The molecule has 7 nitrogen and oxygen atoms in total. The molecule has 0 spiro atoms. The number of aryl methyl sites for hydroxylation is 3. The van der Waals surface area contributed by atoms with Gasteiger partial charge >= 0.3 is 0 Å². The molecule has 1 fully saturated rings. The number of anilines is 1. The van der Waals surface area contributed by atoms with Crippen molar-refractivity contribution in [3.05, 3.63) is 65.0 Å². The van der Waals surface area contributed by atoms with Gasteiger partial charge in [0.1, 0.15) is 0 Å². The molecule has 144 valence electrons. The van der Waals surface area contributed by atoms with E-state index in [9.17, 15) is 4.79 Å². The van der Waals surface area contributed by atoms with Gasteiger partial charge in [-0.25, -0.2) is 4.68 Å². The minimum absolute atomic E-state index is 0.104. The predicted octanol–water partition coefficient (Wildman–Crippen LogP) is 2.55. The first-order chi connectivity index (χ1) is 13.5. The Kier molecular flexibility index (Phi) is 4.81. The number of rotatable bonds is 3. The number of carbonyl (C=O) groups excluding carboxylic acids is 1. The van der Waals surface area contributed by atoms with Gasteiger partial charge < -0.3 is 9.80 Å². The van der Waals surface area contributed by atoms with Crippen LogP contribution in [0.25, 0.3) is 5.82 Å². The Morgan fingerprint density at radius 2 is 1.61 bits per heavy atom. The lowest BCUT2D eigenvalue weighted by molar-refractivity contribution is 0.0745. The van der Waals surface area contributed by atoms with Crippen molar-refractivity contribution in [2.45, 2.75) is 20.8 Å². The number of carbonyl (C=O) groups is 1. The minimum atomic E-state index is 0.104. The van der Waals surface area contributed by atoms with Gasteiger partial charge in [0.05, 0.1) is 5.69 Å². The number of piperazine rings is 1. The summed E-state index contributed by atoms with van der Waals surface area (Å²) in [5.41, 5.74) is 3.93. The number of benzene rings is 1. The van der Waals surface area contributed by atoms with Crippen LogP contribution in [0.5, 0.6) is 0 Å².